The molecule has 0 aliphatic heterocycles. The molecule has 2 atom stereocenters. The molecular formula is C72H58BiF3Ge2O4. The molecule has 0 spiro atoms. The number of hydrogen-bond acceptors (Lipinski definition) is 4. The van der Waals surface area contributed by atoms with Crippen molar-refractivity contribution in [2.45, 2.75) is 22.3 Å². The maximum Gasteiger partial charge on any atom is 2.00 e. The standard InChI is InChI=1S/2C27H24GeO2.3C6H4F.Bi/c2*29-27(30)21-26(22-13-5-1-6-14-22)28(23-15-7-2-8-16-23,24-17-9-3-10-18-24)25-19-11-4-12-20-25;3*7-6-4-2-1-3-5-6;/h2*1-20,26H,21H2,(H,29,30);3*2-5H;/q;;;;;+2/p-2. The Labute approximate surface area is 504 Å². The fourth-order valence-electron chi connectivity index (χ4n) is 10.3. The third kappa shape index (κ3) is 17.6. The third-order valence-corrected chi connectivity index (χ3v) is 35.9. The van der Waals surface area contributed by atoms with Crippen LogP contribution < -0.4 is 36.6 Å². The second-order valence-corrected chi connectivity index (χ2v) is 35.5. The molecule has 2 unspecified atom stereocenters. The number of carbonyl (C=O) groups excluding carboxylic acids is 2. The van der Waals surface area contributed by atoms with Gasteiger partial charge >= 0.3 is 387 Å². The summed E-state index contributed by atoms with van der Waals surface area (Å²) in [6.07, 6.45) is 17.4. The Kier molecular flexibility index (Phi) is 26.2. The van der Waals surface area contributed by atoms with Crippen molar-refractivity contribution in [3.63, 3.8) is 0 Å². The second kappa shape index (κ2) is 33.9. The second-order valence-electron chi connectivity index (χ2n) is 18.5. The summed E-state index contributed by atoms with van der Waals surface area (Å²) in [5.41, 5.74) is 10.2. The molecule has 0 heterocycles. The Morgan fingerprint density at radius 2 is 0.524 bits per heavy atom. The quantitative estimate of drug-likeness (QED) is 0.0803. The Morgan fingerprint density at radius 1 is 0.329 bits per heavy atom. The smallest absolute Gasteiger partial charge is 2.00 e. The number of carboxylic acid groups (broad SMARTS) is 2. The van der Waals surface area contributed by atoms with Crippen molar-refractivity contribution in [1.29, 1.82) is 0 Å². The van der Waals surface area contributed by atoms with Crippen LogP contribution in [0.15, 0.2) is 332 Å². The van der Waals surface area contributed by atoms with Crippen LogP contribution in [0.5, 0.6) is 0 Å². The monoisotopic (exact) mass is 1400 g/mol. The third-order valence-electron chi connectivity index (χ3n) is 13.6. The number of hydrogen-bond donors (Lipinski definition) is 0. The van der Waals surface area contributed by atoms with Crippen LogP contribution >= 0.6 is 0 Å². The zero-order valence-electron chi connectivity index (χ0n) is 44.8. The Morgan fingerprint density at radius 3 is 0.671 bits per heavy atom. The van der Waals surface area contributed by atoms with Gasteiger partial charge in [-0.3, -0.25) is 0 Å². The van der Waals surface area contributed by atoms with Gasteiger partial charge in [0.2, 0.25) is 0 Å². The van der Waals surface area contributed by atoms with E-state index >= 15 is 0 Å². The minimum Gasteiger partial charge on any atom is 2.00 e. The van der Waals surface area contributed by atoms with Crippen molar-refractivity contribution in [1.82, 2.24) is 0 Å². The van der Waals surface area contributed by atoms with E-state index in [0.29, 0.717) is 0 Å². The van der Waals surface area contributed by atoms with Gasteiger partial charge in [-0.25, -0.2) is 13.2 Å². The summed E-state index contributed by atoms with van der Waals surface area (Å²) in [5.74, 6) is -2.65. The maximum atomic E-state index is 12.0. The molecular weight excluding hydrogens is 1340 g/mol. The minimum absolute atomic E-state index is 0. The normalized spacial score (nSPS) is 13.3. The van der Waals surface area contributed by atoms with Crippen molar-refractivity contribution in [2.24, 2.45) is 0 Å². The van der Waals surface area contributed by atoms with Gasteiger partial charge in [0.25, 0.3) is 0 Å². The number of aliphatic carboxylic acids is 2. The minimum atomic E-state index is -3.51. The van der Waals surface area contributed by atoms with Gasteiger partial charge in [-0.05, 0) is 54.7 Å². The molecule has 4 nitrogen and oxygen atoms in total. The molecule has 3 aliphatic carbocycles. The van der Waals surface area contributed by atoms with Crippen molar-refractivity contribution in [3.8, 4) is 0 Å². The molecule has 8 aromatic carbocycles. The Balaban J connectivity index is 0.000000193. The zero-order valence-corrected chi connectivity index (χ0v) is 52.5. The number of benzene rings is 8. The molecule has 0 saturated carbocycles. The van der Waals surface area contributed by atoms with Crippen molar-refractivity contribution >= 4 is 91.0 Å². The summed E-state index contributed by atoms with van der Waals surface area (Å²) in [6.45, 7) is 0. The molecule has 82 heavy (non-hydrogen) atoms. The first-order valence-corrected chi connectivity index (χ1v) is 35.0. The van der Waals surface area contributed by atoms with E-state index in [9.17, 15) is 33.0 Å². The Bertz CT molecular complexity index is 3080. The predicted octanol–water partition coefficient (Wildman–Crippen LogP) is 10.2. The van der Waals surface area contributed by atoms with Gasteiger partial charge in [-0.2, -0.15) is 0 Å². The fraction of sp³-hybridized carbons (Fsp3) is 0.0556. The molecule has 8 aromatic rings. The van der Waals surface area contributed by atoms with Crippen LogP contribution in [0, 0.1) is 19.3 Å². The molecule has 3 aliphatic rings. The molecule has 404 valence electrons. The summed E-state index contributed by atoms with van der Waals surface area (Å²) < 4.78 is 42.8. The molecule has 0 saturated heterocycles. The predicted molar refractivity (Wildman–Crippen MR) is 330 cm³/mol. The van der Waals surface area contributed by atoms with E-state index in [1.165, 1.54) is 100 Å². The van der Waals surface area contributed by atoms with Crippen LogP contribution in [0.2, 0.25) is 0 Å². The largest absolute Gasteiger partial charge is 2.00 e. The van der Waals surface area contributed by atoms with Gasteiger partial charge in [-0.1, -0.05) is 0 Å². The van der Waals surface area contributed by atoms with Gasteiger partial charge in [0.1, 0.15) is 17.5 Å². The van der Waals surface area contributed by atoms with E-state index in [1.54, 1.807) is 0 Å². The summed E-state index contributed by atoms with van der Waals surface area (Å²) in [5, 5.41) is 24.1. The van der Waals surface area contributed by atoms with E-state index in [-0.39, 0.29) is 66.0 Å². The average Bonchev–Trinajstić information content (AvgIpc) is 3.71. The van der Waals surface area contributed by atoms with E-state index in [1.807, 2.05) is 72.8 Å². The Hall–Kier alpha value is -7.76. The van der Waals surface area contributed by atoms with Crippen molar-refractivity contribution in [2.75, 3.05) is 0 Å². The van der Waals surface area contributed by atoms with E-state index in [4.69, 9.17) is 0 Å². The van der Waals surface area contributed by atoms with Crippen LogP contribution in [-0.4, -0.2) is 64.7 Å². The number of allylic oxidation sites excluding steroid dienone is 9. The van der Waals surface area contributed by atoms with Crippen LogP contribution in [0.3, 0.4) is 0 Å². The number of rotatable bonds is 14. The molecule has 0 bridgehead atoms. The van der Waals surface area contributed by atoms with Gasteiger partial charge < -0.3 is 0 Å². The van der Waals surface area contributed by atoms with Crippen LogP contribution in [0.1, 0.15) is 33.5 Å². The molecule has 10 heteroatoms. The first kappa shape index (κ1) is 63.4. The molecule has 0 aromatic heterocycles. The summed E-state index contributed by atoms with van der Waals surface area (Å²) in [6, 6.07) is 83.0. The van der Waals surface area contributed by atoms with Gasteiger partial charge in [0, 0.05) is 19.3 Å². The first-order chi connectivity index (χ1) is 39.6. The van der Waals surface area contributed by atoms with Crippen LogP contribution in [0.25, 0.3) is 0 Å². The van der Waals surface area contributed by atoms with E-state index < -0.39 is 38.5 Å². The summed E-state index contributed by atoms with van der Waals surface area (Å²) in [7, 11) is 0. The molecule has 0 fully saturated rings. The van der Waals surface area contributed by atoms with E-state index in [0.717, 1.165) is 11.1 Å². The average molecular weight is 1400 g/mol. The molecule has 6 radical (unpaired) electrons. The summed E-state index contributed by atoms with van der Waals surface area (Å²) in [4.78, 5) is 24.1. The maximum absolute atomic E-state index is 12.0. The fourth-order valence-corrected chi connectivity index (χ4v) is 33.5. The zero-order chi connectivity index (χ0) is 57.0. The number of halogens is 3. The number of carboxylic acids is 2. The molecule has 0 amide bonds. The summed E-state index contributed by atoms with van der Waals surface area (Å²) >= 11 is -7.02. The molecule has 0 N–H and O–H groups in total. The van der Waals surface area contributed by atoms with Gasteiger partial charge in [0.05, 0.1) is 0 Å². The van der Waals surface area contributed by atoms with Crippen molar-refractivity contribution < 1.29 is 33.0 Å². The number of carbonyl (C=O) groups is 2. The van der Waals surface area contributed by atoms with Crippen LogP contribution in [0.4, 0.5) is 13.2 Å². The van der Waals surface area contributed by atoms with E-state index in [2.05, 4.69) is 187 Å². The topological polar surface area (TPSA) is 80.3 Å². The molecule has 11 rings (SSSR count). The van der Waals surface area contributed by atoms with Gasteiger partial charge in [0.15, 0.2) is 0 Å². The van der Waals surface area contributed by atoms with Gasteiger partial charge in [-0.15, -0.1) is 17.2 Å². The van der Waals surface area contributed by atoms with Crippen molar-refractivity contribution in [3.05, 3.63) is 362 Å². The SMILES string of the molecule is FC1=CC=C=C[CH]1.FC1=CC=C=C[CH]1.FC1=CC=C=C[CH]1.O=C([O-])C[CH](c1ccccc1)[Ge]([c]1ccccc1)([c]1ccccc1)[c]1ccccc1.O=C([O-])C[CH](c1ccccc1)[Ge]([c]1ccccc1)([c]1ccccc1)[c]1ccccc1.[Bi+2]. The first-order valence-electron chi connectivity index (χ1n) is 26.3. The van der Waals surface area contributed by atoms with Crippen LogP contribution in [-0.2, 0) is 9.59 Å².